The van der Waals surface area contributed by atoms with E-state index in [9.17, 15) is 16.8 Å². The second kappa shape index (κ2) is 15.9. The first kappa shape index (κ1) is 33.3. The van der Waals surface area contributed by atoms with Gasteiger partial charge in [0.15, 0.2) is 0 Å². The number of sulfonamides is 2. The molecule has 0 amide bonds. The van der Waals surface area contributed by atoms with E-state index in [4.69, 9.17) is 0 Å². The number of hydrogen-bond donors (Lipinski definition) is 2. The van der Waals surface area contributed by atoms with E-state index in [1.165, 1.54) is 0 Å². The van der Waals surface area contributed by atoms with Crippen LogP contribution in [0.1, 0.15) is 22.3 Å². The van der Waals surface area contributed by atoms with E-state index in [2.05, 4.69) is 19.4 Å². The molecule has 4 aromatic carbocycles. The van der Waals surface area contributed by atoms with Gasteiger partial charge in [0.2, 0.25) is 0 Å². The first-order chi connectivity index (χ1) is 21.1. The number of nitrogens with one attached hydrogen (secondary N) is 2. The Hall–Kier alpha value is -3.58. The summed E-state index contributed by atoms with van der Waals surface area (Å²) in [5.41, 5.74) is 4.31. The van der Waals surface area contributed by atoms with Crippen LogP contribution in [-0.2, 0) is 20.0 Å². The predicted molar refractivity (Wildman–Crippen MR) is 187 cm³/mol. The maximum absolute atomic E-state index is 12.8. The summed E-state index contributed by atoms with van der Waals surface area (Å²) >= 11 is 0. The average Bonchev–Trinajstić information content (AvgIpc) is 3.00. The van der Waals surface area contributed by atoms with Crippen LogP contribution >= 0.6 is 21.6 Å². The fourth-order valence-electron chi connectivity index (χ4n) is 3.87. The predicted octanol–water partition coefficient (Wildman–Crippen LogP) is 6.82. The van der Waals surface area contributed by atoms with E-state index in [-0.39, 0.29) is 9.79 Å². The first-order valence-corrected chi connectivity index (χ1v) is 19.2. The summed E-state index contributed by atoms with van der Waals surface area (Å²) in [6, 6.07) is 27.7. The van der Waals surface area contributed by atoms with Crippen molar-refractivity contribution in [1.29, 1.82) is 0 Å². The molecule has 0 bridgehead atoms. The van der Waals surface area contributed by atoms with Crippen molar-refractivity contribution in [3.63, 3.8) is 0 Å². The molecule has 0 aliphatic carbocycles. The molecule has 0 atom stereocenters. The Bertz CT molecular complexity index is 1670. The van der Waals surface area contributed by atoms with Gasteiger partial charge in [0.25, 0.3) is 20.0 Å². The highest BCUT2D eigenvalue weighted by Crippen LogP contribution is 2.22. The monoisotopic (exact) mass is 666 g/mol. The number of nitrogens with zero attached hydrogens (tertiary/aromatic N) is 2. The smallest absolute Gasteiger partial charge is 0.261 e. The van der Waals surface area contributed by atoms with Crippen LogP contribution in [0.4, 0.5) is 11.4 Å². The summed E-state index contributed by atoms with van der Waals surface area (Å²) in [7, 11) is -4.05. The third kappa shape index (κ3) is 9.98. The van der Waals surface area contributed by atoms with Crippen LogP contribution in [0, 0.1) is 13.8 Å². The molecule has 2 N–H and O–H groups in total. The molecule has 8 nitrogen and oxygen atoms in total. The van der Waals surface area contributed by atoms with Crippen LogP contribution in [0.25, 0.3) is 0 Å². The number of benzene rings is 4. The van der Waals surface area contributed by atoms with Crippen molar-refractivity contribution >= 4 is 65.4 Å². The molecule has 44 heavy (non-hydrogen) atoms. The van der Waals surface area contributed by atoms with Crippen LogP contribution in [-0.4, -0.2) is 53.9 Å². The molecule has 4 rings (SSSR count). The van der Waals surface area contributed by atoms with Crippen molar-refractivity contribution in [2.45, 2.75) is 23.6 Å². The van der Waals surface area contributed by atoms with Gasteiger partial charge in [-0.25, -0.2) is 16.8 Å². The molecule has 0 saturated carbocycles. The maximum Gasteiger partial charge on any atom is 0.261 e. The standard InChI is InChI=1S/C32H34N4O4S4/c1-25-11-15-29(16-12-25)43(37,38)35-31-9-5-3-7-27(31)23-33-19-21-41-42-22-20-34-24-28-8-4-6-10-32(28)36-44(39,40)30-17-13-26(2)14-18-30/h3-18,23-24,35-36H,19-22H2,1-2H3. The summed E-state index contributed by atoms with van der Waals surface area (Å²) in [5.74, 6) is 1.57. The summed E-state index contributed by atoms with van der Waals surface area (Å²) in [6.45, 7) is 4.97. The minimum absolute atomic E-state index is 0.208. The van der Waals surface area contributed by atoms with Gasteiger partial charge in [-0.05, 0) is 50.2 Å². The van der Waals surface area contributed by atoms with Crippen LogP contribution in [0.3, 0.4) is 0 Å². The molecular weight excluding hydrogens is 633 g/mol. The minimum atomic E-state index is -3.71. The van der Waals surface area contributed by atoms with Crippen molar-refractivity contribution in [3.05, 3.63) is 119 Å². The van der Waals surface area contributed by atoms with E-state index in [1.807, 2.05) is 38.1 Å². The van der Waals surface area contributed by atoms with Gasteiger partial charge in [-0.15, -0.1) is 0 Å². The zero-order chi connectivity index (χ0) is 31.4. The quantitative estimate of drug-likeness (QED) is 0.0817. The Labute approximate surface area is 268 Å². The fraction of sp³-hybridized carbons (Fsp3) is 0.188. The van der Waals surface area contributed by atoms with Gasteiger partial charge in [0, 0.05) is 48.2 Å². The van der Waals surface area contributed by atoms with E-state index in [0.29, 0.717) is 35.6 Å². The van der Waals surface area contributed by atoms with E-state index in [1.54, 1.807) is 107 Å². The Morgan fingerprint density at radius 1 is 0.568 bits per heavy atom. The van der Waals surface area contributed by atoms with Gasteiger partial charge in [-0.2, -0.15) is 0 Å². The Morgan fingerprint density at radius 3 is 1.32 bits per heavy atom. The third-order valence-electron chi connectivity index (χ3n) is 6.22. The Kier molecular flexibility index (Phi) is 12.1. The molecule has 0 aromatic heterocycles. The Balaban J connectivity index is 1.20. The van der Waals surface area contributed by atoms with Crippen LogP contribution in [0.2, 0.25) is 0 Å². The van der Waals surface area contributed by atoms with Crippen molar-refractivity contribution in [3.8, 4) is 0 Å². The van der Waals surface area contributed by atoms with Gasteiger partial charge in [0.05, 0.1) is 21.2 Å². The Morgan fingerprint density at radius 2 is 0.932 bits per heavy atom. The highest BCUT2D eigenvalue weighted by atomic mass is 33.1. The maximum atomic E-state index is 12.8. The lowest BCUT2D eigenvalue weighted by Crippen LogP contribution is -2.14. The van der Waals surface area contributed by atoms with Gasteiger partial charge in [-0.1, -0.05) is 93.4 Å². The zero-order valence-electron chi connectivity index (χ0n) is 24.4. The molecule has 230 valence electrons. The molecule has 0 radical (unpaired) electrons. The van der Waals surface area contributed by atoms with E-state index in [0.717, 1.165) is 22.6 Å². The number of aryl methyl sites for hydroxylation is 2. The van der Waals surface area contributed by atoms with Crippen LogP contribution in [0.15, 0.2) is 117 Å². The second-order valence-corrected chi connectivity index (χ2v) is 15.8. The number of anilines is 2. The third-order valence-corrected chi connectivity index (χ3v) is 11.4. The SMILES string of the molecule is Cc1ccc(S(=O)(=O)Nc2ccccc2C=NCCSSCCN=Cc2ccccc2NS(=O)(=O)c2ccc(C)cc2)cc1. The molecule has 0 aliphatic heterocycles. The topological polar surface area (TPSA) is 117 Å². The lowest BCUT2D eigenvalue weighted by Gasteiger charge is -2.10. The van der Waals surface area contributed by atoms with Gasteiger partial charge >= 0.3 is 0 Å². The number of hydrogen-bond acceptors (Lipinski definition) is 8. The molecule has 0 fully saturated rings. The lowest BCUT2D eigenvalue weighted by atomic mass is 10.2. The zero-order valence-corrected chi connectivity index (χ0v) is 27.6. The minimum Gasteiger partial charge on any atom is -0.292 e. The number of aliphatic imine (C=N–C) groups is 2. The van der Waals surface area contributed by atoms with Crippen molar-refractivity contribution < 1.29 is 16.8 Å². The number of para-hydroxylation sites is 2. The van der Waals surface area contributed by atoms with Gasteiger partial charge in [0.1, 0.15) is 0 Å². The second-order valence-electron chi connectivity index (χ2n) is 9.73. The average molecular weight is 667 g/mol. The van der Waals surface area contributed by atoms with Crippen molar-refractivity contribution in [2.75, 3.05) is 34.0 Å². The molecular formula is C32H34N4O4S4. The first-order valence-electron chi connectivity index (χ1n) is 13.8. The summed E-state index contributed by atoms with van der Waals surface area (Å²) < 4.78 is 56.5. The van der Waals surface area contributed by atoms with Crippen LogP contribution < -0.4 is 9.44 Å². The molecule has 4 aromatic rings. The largest absolute Gasteiger partial charge is 0.292 e. The van der Waals surface area contributed by atoms with Crippen LogP contribution in [0.5, 0.6) is 0 Å². The molecule has 0 aliphatic rings. The molecule has 0 heterocycles. The lowest BCUT2D eigenvalue weighted by molar-refractivity contribution is 0.599. The molecule has 0 spiro atoms. The summed E-state index contributed by atoms with van der Waals surface area (Å²) in [5, 5.41) is 0. The summed E-state index contributed by atoms with van der Waals surface area (Å²) in [4.78, 5) is 9.37. The summed E-state index contributed by atoms with van der Waals surface area (Å²) in [6.07, 6.45) is 3.38. The fourth-order valence-corrected chi connectivity index (χ4v) is 7.80. The molecule has 12 heteroatoms. The normalized spacial score (nSPS) is 12.1. The van der Waals surface area contributed by atoms with Crippen molar-refractivity contribution in [1.82, 2.24) is 0 Å². The highest BCUT2D eigenvalue weighted by molar-refractivity contribution is 8.76. The van der Waals surface area contributed by atoms with E-state index >= 15 is 0 Å². The molecule has 0 unspecified atom stereocenters. The van der Waals surface area contributed by atoms with Gasteiger partial charge in [-0.3, -0.25) is 19.4 Å². The van der Waals surface area contributed by atoms with Crippen molar-refractivity contribution in [2.24, 2.45) is 9.98 Å². The van der Waals surface area contributed by atoms with E-state index < -0.39 is 20.0 Å². The number of rotatable bonds is 15. The highest BCUT2D eigenvalue weighted by Gasteiger charge is 2.16. The molecule has 0 saturated heterocycles. The van der Waals surface area contributed by atoms with Gasteiger partial charge < -0.3 is 0 Å².